The molecule has 18 heavy (non-hydrogen) atoms. The second-order valence-corrected chi connectivity index (χ2v) is 5.21. The smallest absolute Gasteiger partial charge is 0.254 e. The van der Waals surface area contributed by atoms with E-state index in [4.69, 9.17) is 17.3 Å². The summed E-state index contributed by atoms with van der Waals surface area (Å²) in [7, 11) is 0. The van der Waals surface area contributed by atoms with Gasteiger partial charge in [-0.15, -0.1) is 0 Å². The fourth-order valence-corrected chi connectivity index (χ4v) is 2.57. The van der Waals surface area contributed by atoms with E-state index in [1.807, 2.05) is 0 Å². The fourth-order valence-electron chi connectivity index (χ4n) is 2.41. The lowest BCUT2D eigenvalue weighted by atomic mass is 9.97. The minimum Gasteiger partial charge on any atom is -0.345 e. The first-order valence-corrected chi connectivity index (χ1v) is 6.42. The summed E-state index contributed by atoms with van der Waals surface area (Å²) in [6.45, 7) is 0.383. The van der Waals surface area contributed by atoms with Gasteiger partial charge >= 0.3 is 0 Å². The molecule has 0 unspecified atom stereocenters. The van der Waals surface area contributed by atoms with Crippen LogP contribution >= 0.6 is 11.6 Å². The Balaban J connectivity index is 2.16. The van der Waals surface area contributed by atoms with Crippen molar-refractivity contribution in [2.24, 2.45) is 5.73 Å². The van der Waals surface area contributed by atoms with Gasteiger partial charge in [-0.05, 0) is 31.0 Å². The van der Waals surface area contributed by atoms with Gasteiger partial charge < -0.3 is 11.1 Å². The molecular formula is C13H16ClFN2O. The third-order valence-corrected chi connectivity index (χ3v) is 3.74. The van der Waals surface area contributed by atoms with Crippen LogP contribution in [0.15, 0.2) is 18.2 Å². The number of carbonyl (C=O) groups excluding carboxylic acids is 1. The summed E-state index contributed by atoms with van der Waals surface area (Å²) in [6.07, 6.45) is 3.79. The number of amides is 1. The van der Waals surface area contributed by atoms with Gasteiger partial charge in [-0.3, -0.25) is 4.79 Å². The van der Waals surface area contributed by atoms with E-state index in [2.05, 4.69) is 5.32 Å². The van der Waals surface area contributed by atoms with E-state index < -0.39 is 11.7 Å². The molecule has 0 saturated heterocycles. The van der Waals surface area contributed by atoms with Crippen molar-refractivity contribution in [3.8, 4) is 0 Å². The molecule has 1 aromatic rings. The van der Waals surface area contributed by atoms with Crippen LogP contribution < -0.4 is 11.1 Å². The van der Waals surface area contributed by atoms with Gasteiger partial charge in [0.15, 0.2) is 0 Å². The number of nitrogens with one attached hydrogen (secondary N) is 1. The van der Waals surface area contributed by atoms with Crippen LogP contribution in [0.5, 0.6) is 0 Å². The van der Waals surface area contributed by atoms with Crippen LogP contribution in [-0.4, -0.2) is 18.0 Å². The van der Waals surface area contributed by atoms with Crippen LogP contribution in [0, 0.1) is 5.82 Å². The van der Waals surface area contributed by atoms with Crippen molar-refractivity contribution in [3.05, 3.63) is 34.6 Å². The lowest BCUT2D eigenvalue weighted by Crippen LogP contribution is -2.51. The molecule has 2 rings (SSSR count). The summed E-state index contributed by atoms with van der Waals surface area (Å²) in [5.41, 5.74) is 5.37. The maximum absolute atomic E-state index is 13.6. The Bertz CT molecular complexity index is 458. The molecular weight excluding hydrogens is 255 g/mol. The first-order valence-electron chi connectivity index (χ1n) is 6.04. The topological polar surface area (TPSA) is 55.1 Å². The molecule has 5 heteroatoms. The summed E-state index contributed by atoms with van der Waals surface area (Å²) < 4.78 is 13.6. The summed E-state index contributed by atoms with van der Waals surface area (Å²) in [5, 5.41) is 3.15. The maximum Gasteiger partial charge on any atom is 0.254 e. The molecule has 0 aromatic heterocycles. The van der Waals surface area contributed by atoms with Gasteiger partial charge in [0.25, 0.3) is 5.91 Å². The molecule has 1 aliphatic rings. The number of halogens is 2. The molecule has 1 aromatic carbocycles. The first kappa shape index (κ1) is 13.3. The van der Waals surface area contributed by atoms with E-state index in [0.717, 1.165) is 31.7 Å². The van der Waals surface area contributed by atoms with Crippen LogP contribution in [0.1, 0.15) is 36.0 Å². The van der Waals surface area contributed by atoms with Crippen molar-refractivity contribution in [2.75, 3.05) is 6.54 Å². The number of rotatable bonds is 3. The van der Waals surface area contributed by atoms with Gasteiger partial charge in [-0.25, -0.2) is 4.39 Å². The van der Waals surface area contributed by atoms with E-state index in [0.29, 0.717) is 6.54 Å². The fraction of sp³-hybridized carbons (Fsp3) is 0.462. The van der Waals surface area contributed by atoms with E-state index in [1.54, 1.807) is 0 Å². The highest BCUT2D eigenvalue weighted by Gasteiger charge is 2.34. The lowest BCUT2D eigenvalue weighted by Gasteiger charge is -2.28. The Kier molecular flexibility index (Phi) is 3.88. The minimum absolute atomic E-state index is 0.0131. The molecule has 1 aliphatic carbocycles. The van der Waals surface area contributed by atoms with E-state index in [-0.39, 0.29) is 16.1 Å². The molecule has 0 atom stereocenters. The van der Waals surface area contributed by atoms with Gasteiger partial charge in [0.1, 0.15) is 5.82 Å². The van der Waals surface area contributed by atoms with Gasteiger partial charge in [0.05, 0.1) is 11.1 Å². The maximum atomic E-state index is 13.6. The van der Waals surface area contributed by atoms with Gasteiger partial charge in [0, 0.05) is 11.6 Å². The molecule has 0 bridgehead atoms. The van der Waals surface area contributed by atoms with Crippen molar-refractivity contribution in [3.63, 3.8) is 0 Å². The minimum atomic E-state index is -0.606. The Morgan fingerprint density at radius 1 is 1.44 bits per heavy atom. The molecule has 0 spiro atoms. The number of nitrogens with two attached hydrogens (primary N) is 1. The molecule has 0 aliphatic heterocycles. The van der Waals surface area contributed by atoms with Gasteiger partial charge in [0.2, 0.25) is 0 Å². The number of hydrogen-bond donors (Lipinski definition) is 2. The summed E-state index contributed by atoms with van der Waals surface area (Å²) in [5.74, 6) is -1.03. The predicted octanol–water partition coefficient (Wildman–Crippen LogP) is 2.48. The average molecular weight is 271 g/mol. The highest BCUT2D eigenvalue weighted by atomic mass is 35.5. The van der Waals surface area contributed by atoms with Crippen molar-refractivity contribution in [1.82, 2.24) is 5.32 Å². The first-order chi connectivity index (χ1) is 8.56. The second kappa shape index (κ2) is 5.24. The molecule has 0 heterocycles. The Hall–Kier alpha value is -1.13. The largest absolute Gasteiger partial charge is 0.345 e. The molecule has 3 N–H and O–H groups in total. The van der Waals surface area contributed by atoms with E-state index in [9.17, 15) is 9.18 Å². The molecule has 98 valence electrons. The molecule has 1 fully saturated rings. The van der Waals surface area contributed by atoms with Crippen LogP contribution in [-0.2, 0) is 0 Å². The van der Waals surface area contributed by atoms with Gasteiger partial charge in [-0.2, -0.15) is 0 Å². The molecule has 1 amide bonds. The molecule has 1 saturated carbocycles. The summed E-state index contributed by atoms with van der Waals surface area (Å²) in [6, 6.07) is 4.04. The summed E-state index contributed by atoms with van der Waals surface area (Å²) >= 11 is 5.65. The number of hydrogen-bond acceptors (Lipinski definition) is 2. The highest BCUT2D eigenvalue weighted by molar-refractivity contribution is 6.30. The zero-order valence-electron chi connectivity index (χ0n) is 10.0. The van der Waals surface area contributed by atoms with Crippen LogP contribution in [0.4, 0.5) is 4.39 Å². The monoisotopic (exact) mass is 270 g/mol. The van der Waals surface area contributed by atoms with Crippen LogP contribution in [0.3, 0.4) is 0 Å². The normalized spacial score (nSPS) is 17.7. The summed E-state index contributed by atoms with van der Waals surface area (Å²) in [4.78, 5) is 12.0. The highest BCUT2D eigenvalue weighted by Crippen LogP contribution is 2.29. The van der Waals surface area contributed by atoms with Gasteiger partial charge in [-0.1, -0.05) is 24.4 Å². The second-order valence-electron chi connectivity index (χ2n) is 4.77. The van der Waals surface area contributed by atoms with E-state index in [1.165, 1.54) is 12.1 Å². The zero-order valence-corrected chi connectivity index (χ0v) is 10.8. The third-order valence-electron chi connectivity index (χ3n) is 3.51. The zero-order chi connectivity index (χ0) is 13.2. The van der Waals surface area contributed by atoms with Crippen LogP contribution in [0.25, 0.3) is 0 Å². The van der Waals surface area contributed by atoms with Crippen molar-refractivity contribution in [1.29, 1.82) is 0 Å². The SMILES string of the molecule is NCC1(NC(=O)c2ccc(Cl)cc2F)CCCC1. The van der Waals surface area contributed by atoms with Crippen LogP contribution in [0.2, 0.25) is 5.02 Å². The quantitative estimate of drug-likeness (QED) is 0.887. The Morgan fingerprint density at radius 2 is 2.11 bits per heavy atom. The number of benzene rings is 1. The van der Waals surface area contributed by atoms with Crippen molar-refractivity contribution in [2.45, 2.75) is 31.2 Å². The lowest BCUT2D eigenvalue weighted by molar-refractivity contribution is 0.0899. The standard InChI is InChI=1S/C13H16ClFN2O/c14-9-3-4-10(11(15)7-9)12(18)17-13(8-16)5-1-2-6-13/h3-4,7H,1-2,5-6,8,16H2,(H,17,18). The Morgan fingerprint density at radius 3 is 2.67 bits per heavy atom. The van der Waals surface area contributed by atoms with Crippen molar-refractivity contribution >= 4 is 17.5 Å². The van der Waals surface area contributed by atoms with Crippen molar-refractivity contribution < 1.29 is 9.18 Å². The average Bonchev–Trinajstić information content (AvgIpc) is 2.78. The predicted molar refractivity (Wildman–Crippen MR) is 69.1 cm³/mol. The molecule has 0 radical (unpaired) electrons. The Labute approximate surface area is 111 Å². The molecule has 3 nitrogen and oxygen atoms in total. The third kappa shape index (κ3) is 2.65. The number of carbonyl (C=O) groups is 1. The van der Waals surface area contributed by atoms with E-state index >= 15 is 0 Å².